The van der Waals surface area contributed by atoms with Crippen molar-refractivity contribution in [2.75, 3.05) is 18.6 Å². The van der Waals surface area contributed by atoms with E-state index < -0.39 is 15.8 Å². The third-order valence-corrected chi connectivity index (χ3v) is 3.60. The van der Waals surface area contributed by atoms with E-state index in [0.29, 0.717) is 6.42 Å². The molecule has 0 spiro atoms. The van der Waals surface area contributed by atoms with Crippen LogP contribution in [0.2, 0.25) is 0 Å². The highest BCUT2D eigenvalue weighted by atomic mass is 32.2. The summed E-state index contributed by atoms with van der Waals surface area (Å²) in [5.41, 5.74) is 5.50. The average molecular weight is 223 g/mol. The quantitative estimate of drug-likeness (QED) is 0.625. The van der Waals surface area contributed by atoms with Gasteiger partial charge < -0.3 is 10.5 Å². The third-order valence-electron chi connectivity index (χ3n) is 1.84. The number of rotatable bonds is 6. The number of carbonyl (C=O) groups is 1. The molecule has 1 atom stereocenters. The smallest absolute Gasteiger partial charge is 0.306 e. The standard InChI is InChI=1S/C8H17NO4S/c1-3-7(9)6-14(11,12)5-4-8(10)13-2/h7H,3-6,9H2,1-2H3. The van der Waals surface area contributed by atoms with Crippen LogP contribution in [0.1, 0.15) is 19.8 Å². The summed E-state index contributed by atoms with van der Waals surface area (Å²) >= 11 is 0. The monoisotopic (exact) mass is 223 g/mol. The molecule has 0 aromatic heterocycles. The maximum absolute atomic E-state index is 11.3. The molecule has 0 aliphatic rings. The topological polar surface area (TPSA) is 86.5 Å². The van der Waals surface area contributed by atoms with Gasteiger partial charge in [0.2, 0.25) is 0 Å². The average Bonchev–Trinajstić information content (AvgIpc) is 2.13. The van der Waals surface area contributed by atoms with Gasteiger partial charge in [0, 0.05) is 6.04 Å². The minimum Gasteiger partial charge on any atom is -0.469 e. The van der Waals surface area contributed by atoms with Crippen molar-refractivity contribution in [3.8, 4) is 0 Å². The minimum atomic E-state index is -3.22. The van der Waals surface area contributed by atoms with Crippen LogP contribution in [-0.2, 0) is 19.4 Å². The molecule has 0 aliphatic carbocycles. The summed E-state index contributed by atoms with van der Waals surface area (Å²) in [7, 11) is -2.00. The van der Waals surface area contributed by atoms with Crippen molar-refractivity contribution in [2.45, 2.75) is 25.8 Å². The third kappa shape index (κ3) is 5.93. The summed E-state index contributed by atoms with van der Waals surface area (Å²) in [5, 5.41) is 0. The highest BCUT2D eigenvalue weighted by Crippen LogP contribution is 1.99. The molecule has 0 heterocycles. The molecule has 14 heavy (non-hydrogen) atoms. The van der Waals surface area contributed by atoms with E-state index in [1.807, 2.05) is 6.92 Å². The molecule has 0 amide bonds. The SMILES string of the molecule is CCC(N)CS(=O)(=O)CCC(=O)OC. The van der Waals surface area contributed by atoms with Gasteiger partial charge in [0.1, 0.15) is 0 Å². The predicted molar refractivity (Wildman–Crippen MR) is 53.6 cm³/mol. The van der Waals surface area contributed by atoms with Crippen LogP contribution in [0.3, 0.4) is 0 Å². The number of hydrogen-bond donors (Lipinski definition) is 1. The van der Waals surface area contributed by atoms with Crippen molar-refractivity contribution >= 4 is 15.8 Å². The second-order valence-corrected chi connectivity index (χ2v) is 5.34. The van der Waals surface area contributed by atoms with Gasteiger partial charge >= 0.3 is 5.97 Å². The normalized spacial score (nSPS) is 13.6. The Hall–Kier alpha value is -0.620. The molecule has 0 aliphatic heterocycles. The highest BCUT2D eigenvalue weighted by molar-refractivity contribution is 7.91. The lowest BCUT2D eigenvalue weighted by molar-refractivity contribution is -0.140. The Morgan fingerprint density at radius 2 is 2.07 bits per heavy atom. The summed E-state index contributed by atoms with van der Waals surface area (Å²) in [6.07, 6.45) is 0.507. The first kappa shape index (κ1) is 13.4. The molecular weight excluding hydrogens is 206 g/mol. The van der Waals surface area contributed by atoms with Gasteiger partial charge in [-0.3, -0.25) is 4.79 Å². The van der Waals surface area contributed by atoms with Crippen LogP contribution in [0.15, 0.2) is 0 Å². The Balaban J connectivity index is 4.02. The molecule has 5 nitrogen and oxygen atoms in total. The first-order valence-electron chi connectivity index (χ1n) is 4.44. The fourth-order valence-corrected chi connectivity index (χ4v) is 2.40. The Morgan fingerprint density at radius 1 is 1.50 bits per heavy atom. The first-order valence-corrected chi connectivity index (χ1v) is 6.26. The molecule has 0 saturated heterocycles. The number of sulfone groups is 1. The van der Waals surface area contributed by atoms with Crippen molar-refractivity contribution < 1.29 is 17.9 Å². The second-order valence-electron chi connectivity index (χ2n) is 3.11. The van der Waals surface area contributed by atoms with Gasteiger partial charge in [-0.25, -0.2) is 8.42 Å². The van der Waals surface area contributed by atoms with Gasteiger partial charge in [-0.05, 0) is 6.42 Å². The van der Waals surface area contributed by atoms with Crippen molar-refractivity contribution in [3.63, 3.8) is 0 Å². The van der Waals surface area contributed by atoms with Gasteiger partial charge in [-0.1, -0.05) is 6.92 Å². The summed E-state index contributed by atoms with van der Waals surface area (Å²) in [4.78, 5) is 10.7. The molecule has 0 saturated carbocycles. The van der Waals surface area contributed by atoms with Crippen LogP contribution >= 0.6 is 0 Å². The molecule has 0 fully saturated rings. The Kier molecular flexibility index (Phi) is 5.71. The van der Waals surface area contributed by atoms with Crippen LogP contribution in [-0.4, -0.2) is 39.0 Å². The van der Waals surface area contributed by atoms with Crippen LogP contribution < -0.4 is 5.73 Å². The van der Waals surface area contributed by atoms with E-state index in [1.165, 1.54) is 7.11 Å². The number of ether oxygens (including phenoxy) is 1. The summed E-state index contributed by atoms with van der Waals surface area (Å²) < 4.78 is 27.0. The zero-order valence-electron chi connectivity index (χ0n) is 8.52. The molecule has 2 N–H and O–H groups in total. The number of hydrogen-bond acceptors (Lipinski definition) is 5. The van der Waals surface area contributed by atoms with Crippen molar-refractivity contribution in [1.82, 2.24) is 0 Å². The first-order chi connectivity index (χ1) is 6.41. The number of nitrogens with two attached hydrogens (primary N) is 1. The maximum Gasteiger partial charge on any atom is 0.306 e. The number of carbonyl (C=O) groups excluding carboxylic acids is 1. The van der Waals surface area contributed by atoms with Gasteiger partial charge in [0.05, 0.1) is 25.0 Å². The molecule has 0 aromatic carbocycles. The predicted octanol–water partition coefficient (Wildman–Crippen LogP) is -0.298. The lowest BCUT2D eigenvalue weighted by Gasteiger charge is -2.08. The van der Waals surface area contributed by atoms with Gasteiger partial charge in [0.15, 0.2) is 9.84 Å². The Morgan fingerprint density at radius 3 is 2.50 bits per heavy atom. The van der Waals surface area contributed by atoms with Crippen LogP contribution in [0, 0.1) is 0 Å². The Bertz CT molecular complexity index is 273. The molecule has 84 valence electrons. The summed E-state index contributed by atoms with van der Waals surface area (Å²) in [6, 6.07) is -0.349. The van der Waals surface area contributed by atoms with E-state index in [0.717, 1.165) is 0 Å². The van der Waals surface area contributed by atoms with E-state index in [1.54, 1.807) is 0 Å². The van der Waals surface area contributed by atoms with Gasteiger partial charge in [-0.15, -0.1) is 0 Å². The second kappa shape index (κ2) is 5.98. The number of methoxy groups -OCH3 is 1. The van der Waals surface area contributed by atoms with E-state index in [4.69, 9.17) is 5.73 Å². The molecule has 0 bridgehead atoms. The largest absolute Gasteiger partial charge is 0.469 e. The van der Waals surface area contributed by atoms with E-state index >= 15 is 0 Å². The minimum absolute atomic E-state index is 0.0690. The molecule has 0 radical (unpaired) electrons. The van der Waals surface area contributed by atoms with Crippen molar-refractivity contribution in [1.29, 1.82) is 0 Å². The van der Waals surface area contributed by atoms with E-state index in [2.05, 4.69) is 4.74 Å². The molecule has 0 aromatic rings. The van der Waals surface area contributed by atoms with Crippen LogP contribution in [0.5, 0.6) is 0 Å². The molecule has 6 heteroatoms. The van der Waals surface area contributed by atoms with E-state index in [-0.39, 0.29) is 24.0 Å². The summed E-state index contributed by atoms with van der Waals surface area (Å²) in [5.74, 6) is -0.771. The van der Waals surface area contributed by atoms with Crippen molar-refractivity contribution in [2.24, 2.45) is 5.73 Å². The molecule has 0 rings (SSSR count). The fraction of sp³-hybridized carbons (Fsp3) is 0.875. The molecule has 1 unspecified atom stereocenters. The highest BCUT2D eigenvalue weighted by Gasteiger charge is 2.16. The molecular formula is C8H17NO4S. The zero-order chi connectivity index (χ0) is 11.2. The summed E-state index contributed by atoms with van der Waals surface area (Å²) in [6.45, 7) is 1.82. The Labute approximate surface area is 84.5 Å². The van der Waals surface area contributed by atoms with Gasteiger partial charge in [0.25, 0.3) is 0 Å². The van der Waals surface area contributed by atoms with Crippen LogP contribution in [0.4, 0.5) is 0 Å². The number of esters is 1. The lowest BCUT2D eigenvalue weighted by atomic mass is 10.3. The maximum atomic E-state index is 11.3. The van der Waals surface area contributed by atoms with E-state index in [9.17, 15) is 13.2 Å². The fourth-order valence-electron chi connectivity index (χ4n) is 0.868. The zero-order valence-corrected chi connectivity index (χ0v) is 9.34. The van der Waals surface area contributed by atoms with Crippen molar-refractivity contribution in [3.05, 3.63) is 0 Å². The van der Waals surface area contributed by atoms with Gasteiger partial charge in [-0.2, -0.15) is 0 Å². The van der Waals surface area contributed by atoms with Crippen LogP contribution in [0.25, 0.3) is 0 Å². The lowest BCUT2D eigenvalue weighted by Crippen LogP contribution is -2.30.